The number of nitrogens with two attached hydrogens (primary N) is 1. The van der Waals surface area contributed by atoms with Crippen LogP contribution in [0.1, 0.15) is 6.42 Å². The Kier molecular flexibility index (Phi) is 6.20. The molecule has 1 aromatic rings. The molecule has 0 saturated carbocycles. The van der Waals surface area contributed by atoms with E-state index in [2.05, 4.69) is 9.97 Å². The molecule has 2 N–H and O–H groups in total. The van der Waals surface area contributed by atoms with E-state index in [1.165, 1.54) is 12.5 Å². The Balaban J connectivity index is 2.05. The van der Waals surface area contributed by atoms with Gasteiger partial charge in [-0.25, -0.2) is 9.97 Å². The number of nitrogens with zero attached hydrogens (tertiary/aromatic N) is 2. The number of aromatic nitrogens is 2. The highest BCUT2D eigenvalue weighted by atomic mass is 16.5. The molecule has 90 valence electrons. The maximum Gasteiger partial charge on any atom is 0.240 e. The van der Waals surface area contributed by atoms with Crippen LogP contribution in [0, 0.1) is 0 Å². The predicted molar refractivity (Wildman–Crippen MR) is 59.3 cm³/mol. The van der Waals surface area contributed by atoms with Crippen molar-refractivity contribution in [3.05, 3.63) is 12.5 Å². The fourth-order valence-electron chi connectivity index (χ4n) is 1.05. The van der Waals surface area contributed by atoms with Gasteiger partial charge >= 0.3 is 0 Å². The summed E-state index contributed by atoms with van der Waals surface area (Å²) in [6.45, 7) is 2.30. The summed E-state index contributed by atoms with van der Waals surface area (Å²) in [5, 5.41) is 0. The van der Waals surface area contributed by atoms with Crippen LogP contribution < -0.4 is 10.5 Å². The highest BCUT2D eigenvalue weighted by molar-refractivity contribution is 5.44. The fourth-order valence-corrected chi connectivity index (χ4v) is 1.05. The van der Waals surface area contributed by atoms with E-state index < -0.39 is 0 Å². The van der Waals surface area contributed by atoms with E-state index in [4.69, 9.17) is 19.9 Å². The Morgan fingerprint density at radius 1 is 1.25 bits per heavy atom. The monoisotopic (exact) mass is 227 g/mol. The van der Waals surface area contributed by atoms with E-state index in [0.29, 0.717) is 38.0 Å². The minimum atomic E-state index is 0.399. The van der Waals surface area contributed by atoms with Gasteiger partial charge in [-0.15, -0.1) is 0 Å². The Morgan fingerprint density at radius 2 is 2.12 bits per heavy atom. The van der Waals surface area contributed by atoms with Crippen molar-refractivity contribution >= 4 is 5.69 Å². The number of rotatable bonds is 8. The summed E-state index contributed by atoms with van der Waals surface area (Å²) in [5.74, 6) is 0.399. The molecule has 0 spiro atoms. The largest absolute Gasteiger partial charge is 0.474 e. The molecule has 0 saturated heterocycles. The molecule has 1 aromatic heterocycles. The molecule has 0 radical (unpaired) electrons. The van der Waals surface area contributed by atoms with E-state index in [-0.39, 0.29) is 0 Å². The Labute approximate surface area is 94.7 Å². The van der Waals surface area contributed by atoms with E-state index >= 15 is 0 Å². The summed E-state index contributed by atoms with van der Waals surface area (Å²) in [6.07, 6.45) is 3.78. The van der Waals surface area contributed by atoms with Crippen molar-refractivity contribution in [3.8, 4) is 5.88 Å². The van der Waals surface area contributed by atoms with Gasteiger partial charge in [-0.05, 0) is 6.42 Å². The smallest absolute Gasteiger partial charge is 0.240 e. The first-order chi connectivity index (χ1) is 7.84. The van der Waals surface area contributed by atoms with Crippen molar-refractivity contribution in [2.24, 2.45) is 0 Å². The maximum atomic E-state index is 5.59. The van der Waals surface area contributed by atoms with Crippen LogP contribution in [0.15, 0.2) is 12.5 Å². The molecule has 6 nitrogen and oxygen atoms in total. The molecule has 0 amide bonds. The van der Waals surface area contributed by atoms with Crippen molar-refractivity contribution in [1.82, 2.24) is 9.97 Å². The van der Waals surface area contributed by atoms with Gasteiger partial charge in [-0.3, -0.25) is 0 Å². The van der Waals surface area contributed by atoms with Crippen LogP contribution in [0.2, 0.25) is 0 Å². The maximum absolute atomic E-state index is 5.59. The van der Waals surface area contributed by atoms with E-state index in [1.807, 2.05) is 0 Å². The highest BCUT2D eigenvalue weighted by Crippen LogP contribution is 2.13. The second-order valence-corrected chi connectivity index (χ2v) is 3.09. The van der Waals surface area contributed by atoms with Crippen molar-refractivity contribution in [2.45, 2.75) is 6.42 Å². The fraction of sp³-hybridized carbons (Fsp3) is 0.600. The van der Waals surface area contributed by atoms with Gasteiger partial charge in [-0.1, -0.05) is 0 Å². The highest BCUT2D eigenvalue weighted by Gasteiger charge is 2.00. The number of methoxy groups -OCH3 is 1. The zero-order valence-corrected chi connectivity index (χ0v) is 9.39. The van der Waals surface area contributed by atoms with Gasteiger partial charge in [0.1, 0.15) is 18.6 Å². The minimum absolute atomic E-state index is 0.399. The van der Waals surface area contributed by atoms with Crippen molar-refractivity contribution in [3.63, 3.8) is 0 Å². The summed E-state index contributed by atoms with van der Waals surface area (Å²) in [5.41, 5.74) is 6.03. The van der Waals surface area contributed by atoms with E-state index in [1.54, 1.807) is 7.11 Å². The van der Waals surface area contributed by atoms with Gasteiger partial charge in [0.25, 0.3) is 0 Å². The van der Waals surface area contributed by atoms with Gasteiger partial charge in [0.2, 0.25) is 5.88 Å². The number of ether oxygens (including phenoxy) is 3. The molecule has 0 atom stereocenters. The average molecular weight is 227 g/mol. The summed E-state index contributed by atoms with van der Waals surface area (Å²) in [7, 11) is 1.67. The summed E-state index contributed by atoms with van der Waals surface area (Å²) in [4.78, 5) is 7.65. The zero-order valence-electron chi connectivity index (χ0n) is 9.39. The third kappa shape index (κ3) is 4.90. The van der Waals surface area contributed by atoms with Crippen LogP contribution in [0.3, 0.4) is 0 Å². The van der Waals surface area contributed by atoms with Gasteiger partial charge in [-0.2, -0.15) is 0 Å². The first kappa shape index (κ1) is 12.7. The van der Waals surface area contributed by atoms with Crippen molar-refractivity contribution in [1.29, 1.82) is 0 Å². The van der Waals surface area contributed by atoms with E-state index in [9.17, 15) is 0 Å². The van der Waals surface area contributed by atoms with Crippen LogP contribution in [0.25, 0.3) is 0 Å². The Bertz CT molecular complexity index is 296. The first-order valence-corrected chi connectivity index (χ1v) is 5.09. The second-order valence-electron chi connectivity index (χ2n) is 3.09. The second kappa shape index (κ2) is 7.84. The predicted octanol–water partition coefficient (Wildman–Crippen LogP) is 0.491. The SMILES string of the molecule is COCCCOCCOc1ncncc1N. The molecule has 6 heteroatoms. The number of hydrogen-bond donors (Lipinski definition) is 1. The summed E-state index contributed by atoms with van der Waals surface area (Å²) in [6, 6.07) is 0. The van der Waals surface area contributed by atoms with Gasteiger partial charge in [0.15, 0.2) is 0 Å². The van der Waals surface area contributed by atoms with Crippen LogP contribution in [-0.2, 0) is 9.47 Å². The quantitative estimate of drug-likeness (QED) is 0.651. The number of nitrogen functional groups attached to an aromatic ring is 1. The first-order valence-electron chi connectivity index (χ1n) is 5.09. The molecule has 0 aromatic carbocycles. The van der Waals surface area contributed by atoms with Crippen LogP contribution in [0.5, 0.6) is 5.88 Å². The topological polar surface area (TPSA) is 79.5 Å². The zero-order chi connectivity index (χ0) is 11.6. The van der Waals surface area contributed by atoms with E-state index in [0.717, 1.165) is 6.42 Å². The van der Waals surface area contributed by atoms with Gasteiger partial charge < -0.3 is 19.9 Å². The molecule has 0 fully saturated rings. The lowest BCUT2D eigenvalue weighted by molar-refractivity contribution is 0.0797. The minimum Gasteiger partial charge on any atom is -0.474 e. The molecule has 16 heavy (non-hydrogen) atoms. The number of hydrogen-bond acceptors (Lipinski definition) is 6. The van der Waals surface area contributed by atoms with Crippen LogP contribution in [0.4, 0.5) is 5.69 Å². The number of anilines is 1. The Hall–Kier alpha value is -1.40. The summed E-state index contributed by atoms with van der Waals surface area (Å²) < 4.78 is 15.5. The molecule has 0 bridgehead atoms. The van der Waals surface area contributed by atoms with Crippen LogP contribution in [-0.4, -0.2) is 43.5 Å². The molecule has 0 aliphatic carbocycles. The lowest BCUT2D eigenvalue weighted by atomic mass is 10.5. The molecule has 1 heterocycles. The van der Waals surface area contributed by atoms with Gasteiger partial charge in [0, 0.05) is 20.3 Å². The third-order valence-corrected chi connectivity index (χ3v) is 1.81. The Morgan fingerprint density at radius 3 is 2.88 bits per heavy atom. The van der Waals surface area contributed by atoms with Gasteiger partial charge in [0.05, 0.1) is 12.8 Å². The third-order valence-electron chi connectivity index (χ3n) is 1.81. The molecular formula is C10H17N3O3. The van der Waals surface area contributed by atoms with Crippen molar-refractivity contribution < 1.29 is 14.2 Å². The standard InChI is InChI=1S/C10H17N3O3/c1-14-3-2-4-15-5-6-16-10-9(11)7-12-8-13-10/h7-8H,2-6,11H2,1H3. The summed E-state index contributed by atoms with van der Waals surface area (Å²) >= 11 is 0. The lowest BCUT2D eigenvalue weighted by Crippen LogP contribution is -2.10. The van der Waals surface area contributed by atoms with Crippen LogP contribution >= 0.6 is 0 Å². The average Bonchev–Trinajstić information content (AvgIpc) is 2.30. The normalized spacial score (nSPS) is 10.3. The molecule has 0 aliphatic heterocycles. The molecule has 1 rings (SSSR count). The molecular weight excluding hydrogens is 210 g/mol. The molecule has 0 aliphatic rings. The lowest BCUT2D eigenvalue weighted by Gasteiger charge is -2.07. The molecule has 0 unspecified atom stereocenters. The van der Waals surface area contributed by atoms with Crippen molar-refractivity contribution in [2.75, 3.05) is 39.3 Å².